The molecular weight excluding hydrogens is 252 g/mol. The standard InChI is InChI=1S/C16H14N2O2/c19-16(20)11-6-7-13-12(9-11)17-15(10-3-1-4-10)14-5-2-8-18(13)14/h2,5-10H,1,3-4H2,(H,19,20). The second-order valence-corrected chi connectivity index (χ2v) is 5.40. The zero-order valence-electron chi connectivity index (χ0n) is 10.9. The van der Waals surface area contributed by atoms with Crippen molar-refractivity contribution in [3.63, 3.8) is 0 Å². The molecule has 100 valence electrons. The van der Waals surface area contributed by atoms with E-state index in [9.17, 15) is 4.79 Å². The lowest BCUT2D eigenvalue weighted by Gasteiger charge is -2.26. The quantitative estimate of drug-likeness (QED) is 0.772. The molecule has 2 heterocycles. The highest BCUT2D eigenvalue weighted by Gasteiger charge is 2.24. The highest BCUT2D eigenvalue weighted by atomic mass is 16.4. The third kappa shape index (κ3) is 1.54. The Hall–Kier alpha value is -2.36. The summed E-state index contributed by atoms with van der Waals surface area (Å²) in [5.41, 5.74) is 4.26. The van der Waals surface area contributed by atoms with Crippen molar-refractivity contribution in [3.8, 4) is 0 Å². The Bertz CT molecular complexity index is 831. The topological polar surface area (TPSA) is 54.6 Å². The third-order valence-corrected chi connectivity index (χ3v) is 4.23. The maximum atomic E-state index is 11.1. The first-order valence-corrected chi connectivity index (χ1v) is 6.88. The number of rotatable bonds is 2. The molecule has 1 saturated carbocycles. The molecule has 0 saturated heterocycles. The van der Waals surface area contributed by atoms with Gasteiger partial charge in [-0.2, -0.15) is 0 Å². The number of carboxylic acids is 1. The van der Waals surface area contributed by atoms with Gasteiger partial charge in [-0.25, -0.2) is 9.78 Å². The number of fused-ring (bicyclic) bond motifs is 3. The molecule has 0 atom stereocenters. The van der Waals surface area contributed by atoms with Gasteiger partial charge in [0.2, 0.25) is 0 Å². The van der Waals surface area contributed by atoms with Crippen LogP contribution in [0.1, 0.15) is 41.2 Å². The Morgan fingerprint density at radius 3 is 2.80 bits per heavy atom. The summed E-state index contributed by atoms with van der Waals surface area (Å²) in [6, 6.07) is 9.24. The molecule has 0 aliphatic heterocycles. The fraction of sp³-hybridized carbons (Fsp3) is 0.250. The van der Waals surface area contributed by atoms with E-state index in [-0.39, 0.29) is 5.56 Å². The van der Waals surface area contributed by atoms with Crippen LogP contribution in [0.5, 0.6) is 0 Å². The predicted octanol–water partition coefficient (Wildman–Crippen LogP) is 3.45. The highest BCUT2D eigenvalue weighted by Crippen LogP contribution is 2.38. The summed E-state index contributed by atoms with van der Waals surface area (Å²) in [6.07, 6.45) is 5.63. The Labute approximate surface area is 115 Å². The largest absolute Gasteiger partial charge is 0.478 e. The van der Waals surface area contributed by atoms with E-state index in [1.54, 1.807) is 12.1 Å². The van der Waals surface area contributed by atoms with E-state index in [1.165, 1.54) is 19.3 Å². The van der Waals surface area contributed by atoms with Crippen LogP contribution in [0.15, 0.2) is 36.5 Å². The van der Waals surface area contributed by atoms with Gasteiger partial charge in [0.1, 0.15) is 0 Å². The van der Waals surface area contributed by atoms with Crippen molar-refractivity contribution in [2.24, 2.45) is 0 Å². The number of hydrogen-bond acceptors (Lipinski definition) is 2. The summed E-state index contributed by atoms with van der Waals surface area (Å²) >= 11 is 0. The van der Waals surface area contributed by atoms with E-state index in [1.807, 2.05) is 18.3 Å². The average molecular weight is 266 g/mol. The molecule has 4 nitrogen and oxygen atoms in total. The maximum Gasteiger partial charge on any atom is 0.335 e. The molecule has 0 bridgehead atoms. The van der Waals surface area contributed by atoms with Crippen LogP contribution < -0.4 is 0 Å². The first kappa shape index (κ1) is 11.5. The van der Waals surface area contributed by atoms with E-state index in [4.69, 9.17) is 10.1 Å². The summed E-state index contributed by atoms with van der Waals surface area (Å²) in [7, 11) is 0. The van der Waals surface area contributed by atoms with Gasteiger partial charge in [-0.05, 0) is 43.2 Å². The lowest BCUT2D eigenvalue weighted by molar-refractivity contribution is 0.0697. The van der Waals surface area contributed by atoms with E-state index < -0.39 is 5.97 Å². The van der Waals surface area contributed by atoms with Crippen LogP contribution in [0, 0.1) is 0 Å². The minimum absolute atomic E-state index is 0.288. The fourth-order valence-electron chi connectivity index (χ4n) is 2.92. The number of aromatic nitrogens is 2. The normalized spacial score (nSPS) is 15.6. The van der Waals surface area contributed by atoms with Gasteiger partial charge in [-0.15, -0.1) is 0 Å². The van der Waals surface area contributed by atoms with Crippen molar-refractivity contribution in [1.82, 2.24) is 9.38 Å². The van der Waals surface area contributed by atoms with Gasteiger partial charge in [-0.3, -0.25) is 0 Å². The number of carboxylic acid groups (broad SMARTS) is 1. The van der Waals surface area contributed by atoms with E-state index >= 15 is 0 Å². The molecule has 1 aliphatic carbocycles. The Balaban J connectivity index is 2.05. The second-order valence-electron chi connectivity index (χ2n) is 5.40. The molecule has 1 N–H and O–H groups in total. The molecule has 3 aromatic rings. The highest BCUT2D eigenvalue weighted by molar-refractivity contribution is 5.93. The lowest BCUT2D eigenvalue weighted by Crippen LogP contribution is -2.12. The number of benzene rings is 1. The summed E-state index contributed by atoms with van der Waals surface area (Å²) in [5, 5.41) is 9.12. The van der Waals surface area contributed by atoms with Crippen molar-refractivity contribution >= 4 is 22.5 Å². The van der Waals surface area contributed by atoms with Crippen LogP contribution in [-0.4, -0.2) is 20.5 Å². The van der Waals surface area contributed by atoms with E-state index in [2.05, 4.69) is 10.5 Å². The SMILES string of the molecule is O=C(O)c1ccc2c(c1)nc(C1CCC1)c1cccn12. The van der Waals surface area contributed by atoms with Gasteiger partial charge in [0.05, 0.1) is 27.8 Å². The minimum atomic E-state index is -0.911. The van der Waals surface area contributed by atoms with E-state index in [0.717, 1.165) is 22.2 Å². The smallest absolute Gasteiger partial charge is 0.335 e. The molecule has 0 amide bonds. The van der Waals surface area contributed by atoms with Gasteiger partial charge >= 0.3 is 5.97 Å². The number of carbonyl (C=O) groups is 1. The molecule has 0 spiro atoms. The van der Waals surface area contributed by atoms with Gasteiger partial charge < -0.3 is 9.51 Å². The van der Waals surface area contributed by atoms with Crippen LogP contribution in [-0.2, 0) is 0 Å². The van der Waals surface area contributed by atoms with Crippen molar-refractivity contribution in [1.29, 1.82) is 0 Å². The van der Waals surface area contributed by atoms with Crippen molar-refractivity contribution in [3.05, 3.63) is 47.8 Å². The van der Waals surface area contributed by atoms with Crippen molar-refractivity contribution < 1.29 is 9.90 Å². The molecule has 0 unspecified atom stereocenters. The third-order valence-electron chi connectivity index (χ3n) is 4.23. The van der Waals surface area contributed by atoms with Crippen molar-refractivity contribution in [2.75, 3.05) is 0 Å². The molecule has 1 fully saturated rings. The lowest BCUT2D eigenvalue weighted by atomic mass is 9.82. The Morgan fingerprint density at radius 1 is 1.25 bits per heavy atom. The van der Waals surface area contributed by atoms with Gasteiger partial charge in [0, 0.05) is 12.1 Å². The van der Waals surface area contributed by atoms with Gasteiger partial charge in [-0.1, -0.05) is 6.42 Å². The first-order chi connectivity index (χ1) is 9.74. The molecule has 2 aromatic heterocycles. The van der Waals surface area contributed by atoms with E-state index in [0.29, 0.717) is 5.92 Å². The average Bonchev–Trinajstić information content (AvgIpc) is 2.85. The van der Waals surface area contributed by atoms with Crippen LogP contribution in [0.2, 0.25) is 0 Å². The van der Waals surface area contributed by atoms with Crippen LogP contribution in [0.4, 0.5) is 0 Å². The molecule has 20 heavy (non-hydrogen) atoms. The molecule has 1 aromatic carbocycles. The minimum Gasteiger partial charge on any atom is -0.478 e. The van der Waals surface area contributed by atoms with Crippen molar-refractivity contribution in [2.45, 2.75) is 25.2 Å². The molecule has 4 rings (SSSR count). The maximum absolute atomic E-state index is 11.1. The summed E-state index contributed by atoms with van der Waals surface area (Å²) in [4.78, 5) is 15.9. The fourth-order valence-corrected chi connectivity index (χ4v) is 2.92. The molecular formula is C16H14N2O2. The summed E-state index contributed by atoms with van der Waals surface area (Å²) in [5.74, 6) is -0.392. The van der Waals surface area contributed by atoms with Crippen LogP contribution in [0.25, 0.3) is 16.6 Å². The predicted molar refractivity (Wildman–Crippen MR) is 76.2 cm³/mol. The Morgan fingerprint density at radius 2 is 2.10 bits per heavy atom. The van der Waals surface area contributed by atoms with Gasteiger partial charge in [0.25, 0.3) is 0 Å². The summed E-state index contributed by atoms with van der Waals surface area (Å²) < 4.78 is 2.11. The zero-order chi connectivity index (χ0) is 13.7. The summed E-state index contributed by atoms with van der Waals surface area (Å²) in [6.45, 7) is 0. The van der Waals surface area contributed by atoms with Gasteiger partial charge in [0.15, 0.2) is 0 Å². The number of nitrogens with zero attached hydrogens (tertiary/aromatic N) is 2. The Kier molecular flexibility index (Phi) is 2.33. The number of hydrogen-bond donors (Lipinski definition) is 1. The molecule has 4 heteroatoms. The monoisotopic (exact) mass is 266 g/mol. The number of aromatic carboxylic acids is 1. The first-order valence-electron chi connectivity index (χ1n) is 6.88. The zero-order valence-corrected chi connectivity index (χ0v) is 10.9. The van der Waals surface area contributed by atoms with Crippen LogP contribution >= 0.6 is 0 Å². The second kappa shape index (κ2) is 4.07. The van der Waals surface area contributed by atoms with Crippen LogP contribution in [0.3, 0.4) is 0 Å². The molecule has 0 radical (unpaired) electrons. The molecule has 1 aliphatic rings.